The number of nitrogens with zero attached hydrogens (tertiary/aromatic N) is 2. The van der Waals surface area contributed by atoms with Crippen LogP contribution in [0.3, 0.4) is 0 Å². The molecule has 0 radical (unpaired) electrons. The number of anilines is 1. The van der Waals surface area contributed by atoms with Crippen molar-refractivity contribution < 1.29 is 27.5 Å². The SMILES string of the molecule is CC[C@@H](C)NC(=O)[C@H](CC)N(Cc1cccc(OC)c1)C(=O)CN(c1ccc(OC)cc1)S(=O)(=O)c1ccc(C)cc1. The lowest BCUT2D eigenvalue weighted by molar-refractivity contribution is -0.140. The van der Waals surface area contributed by atoms with Crippen LogP contribution in [0, 0.1) is 6.92 Å². The third kappa shape index (κ3) is 8.03. The first-order valence-electron chi connectivity index (χ1n) is 14.0. The molecular weight excluding hydrogens is 554 g/mol. The minimum atomic E-state index is -4.15. The number of amides is 2. The maximum Gasteiger partial charge on any atom is 0.264 e. The van der Waals surface area contributed by atoms with Crippen LogP contribution < -0.4 is 19.1 Å². The molecule has 226 valence electrons. The molecule has 0 saturated heterocycles. The highest BCUT2D eigenvalue weighted by Gasteiger charge is 2.34. The van der Waals surface area contributed by atoms with Crippen LogP contribution >= 0.6 is 0 Å². The Bertz CT molecular complexity index is 1440. The smallest absolute Gasteiger partial charge is 0.264 e. The average Bonchev–Trinajstić information content (AvgIpc) is 2.99. The van der Waals surface area contributed by atoms with E-state index >= 15 is 0 Å². The topological polar surface area (TPSA) is 105 Å². The molecule has 0 aromatic heterocycles. The summed E-state index contributed by atoms with van der Waals surface area (Å²) in [4.78, 5) is 29.1. The van der Waals surface area contributed by atoms with Gasteiger partial charge in [-0.2, -0.15) is 0 Å². The van der Waals surface area contributed by atoms with Crippen molar-refractivity contribution in [2.45, 2.75) is 64.1 Å². The van der Waals surface area contributed by atoms with E-state index in [2.05, 4.69) is 5.32 Å². The van der Waals surface area contributed by atoms with Gasteiger partial charge >= 0.3 is 0 Å². The first-order chi connectivity index (χ1) is 20.0. The number of hydrogen-bond donors (Lipinski definition) is 1. The second-order valence-electron chi connectivity index (χ2n) is 10.1. The normalized spacial score (nSPS) is 12.6. The van der Waals surface area contributed by atoms with Crippen LogP contribution in [-0.4, -0.2) is 58.0 Å². The lowest BCUT2D eigenvalue weighted by atomic mass is 10.1. The number of benzene rings is 3. The summed E-state index contributed by atoms with van der Waals surface area (Å²) in [6.07, 6.45) is 1.07. The predicted molar refractivity (Wildman–Crippen MR) is 164 cm³/mol. The zero-order chi connectivity index (χ0) is 30.9. The molecule has 0 aliphatic rings. The summed E-state index contributed by atoms with van der Waals surface area (Å²) in [6.45, 7) is 7.14. The second kappa shape index (κ2) is 14.7. The number of carbonyl (C=O) groups excluding carboxylic acids is 2. The largest absolute Gasteiger partial charge is 0.497 e. The van der Waals surface area contributed by atoms with Gasteiger partial charge in [-0.25, -0.2) is 8.42 Å². The summed E-state index contributed by atoms with van der Waals surface area (Å²) >= 11 is 0. The lowest BCUT2D eigenvalue weighted by Crippen LogP contribution is -2.53. The van der Waals surface area contributed by atoms with Gasteiger partial charge in [-0.15, -0.1) is 0 Å². The number of hydrogen-bond acceptors (Lipinski definition) is 6. The first-order valence-corrected chi connectivity index (χ1v) is 15.4. The van der Waals surface area contributed by atoms with Crippen LogP contribution in [0.2, 0.25) is 0 Å². The average molecular weight is 596 g/mol. The standard InChI is InChI=1S/C32H41N3O6S/c1-7-24(4)33-32(37)30(8-2)34(21-25-10-9-11-28(20-25)41-6)31(36)22-35(26-14-16-27(40-5)17-15-26)42(38,39)29-18-12-23(3)13-19-29/h9-20,24,30H,7-8,21-22H2,1-6H3,(H,33,37)/t24-,30+/m1/s1. The minimum absolute atomic E-state index is 0.0534. The number of ether oxygens (including phenoxy) is 2. The Morgan fingerprint density at radius 3 is 2.10 bits per heavy atom. The Morgan fingerprint density at radius 2 is 1.52 bits per heavy atom. The van der Waals surface area contributed by atoms with Gasteiger partial charge in [0, 0.05) is 12.6 Å². The fourth-order valence-electron chi connectivity index (χ4n) is 4.44. The number of aryl methyl sites for hydroxylation is 1. The maximum atomic E-state index is 14.2. The fourth-order valence-corrected chi connectivity index (χ4v) is 5.86. The molecule has 1 N–H and O–H groups in total. The second-order valence-corrected chi connectivity index (χ2v) is 12.0. The first kappa shape index (κ1) is 32.5. The molecule has 3 rings (SSSR count). The summed E-state index contributed by atoms with van der Waals surface area (Å²) in [5, 5.41) is 2.98. The van der Waals surface area contributed by atoms with E-state index in [4.69, 9.17) is 9.47 Å². The lowest BCUT2D eigenvalue weighted by Gasteiger charge is -2.33. The van der Waals surface area contributed by atoms with E-state index in [9.17, 15) is 18.0 Å². The Kier molecular flexibility index (Phi) is 11.4. The van der Waals surface area contributed by atoms with Gasteiger partial charge in [-0.1, -0.05) is 43.7 Å². The molecule has 2 atom stereocenters. The highest BCUT2D eigenvalue weighted by atomic mass is 32.2. The fraction of sp³-hybridized carbons (Fsp3) is 0.375. The van der Waals surface area contributed by atoms with E-state index in [0.29, 0.717) is 23.6 Å². The molecule has 0 aliphatic heterocycles. The Morgan fingerprint density at radius 1 is 0.881 bits per heavy atom. The van der Waals surface area contributed by atoms with E-state index < -0.39 is 28.5 Å². The van der Waals surface area contributed by atoms with Crippen LogP contribution in [0.5, 0.6) is 11.5 Å². The molecule has 9 nitrogen and oxygen atoms in total. The molecule has 10 heteroatoms. The van der Waals surface area contributed by atoms with Gasteiger partial charge in [-0.05, 0) is 80.8 Å². The summed E-state index contributed by atoms with van der Waals surface area (Å²) < 4.78 is 39.7. The maximum absolute atomic E-state index is 14.2. The molecule has 0 aliphatic carbocycles. The number of methoxy groups -OCH3 is 2. The molecule has 3 aromatic rings. The van der Waals surface area contributed by atoms with E-state index in [1.807, 2.05) is 39.8 Å². The summed E-state index contributed by atoms with van der Waals surface area (Å²) in [5.41, 5.74) is 1.95. The quantitative estimate of drug-likeness (QED) is 0.283. The zero-order valence-corrected chi connectivity index (χ0v) is 26.0. The van der Waals surface area contributed by atoms with Gasteiger partial charge in [0.15, 0.2) is 0 Å². The molecule has 0 spiro atoms. The predicted octanol–water partition coefficient (Wildman–Crippen LogP) is 4.93. The Labute approximate surface area is 249 Å². The Balaban J connectivity index is 2.07. The molecule has 0 unspecified atom stereocenters. The summed E-state index contributed by atoms with van der Waals surface area (Å²) in [7, 11) is -1.08. The molecule has 0 fully saturated rings. The van der Waals surface area contributed by atoms with Crippen molar-refractivity contribution in [1.29, 1.82) is 0 Å². The summed E-state index contributed by atoms with van der Waals surface area (Å²) in [6, 6.07) is 19.3. The third-order valence-corrected chi connectivity index (χ3v) is 8.91. The van der Waals surface area contributed by atoms with Crippen molar-refractivity contribution in [3.05, 3.63) is 83.9 Å². The van der Waals surface area contributed by atoms with E-state index in [1.165, 1.54) is 24.1 Å². The number of sulfonamides is 1. The van der Waals surface area contributed by atoms with Crippen LogP contribution in [0.25, 0.3) is 0 Å². The van der Waals surface area contributed by atoms with E-state index in [0.717, 1.165) is 21.9 Å². The highest BCUT2D eigenvalue weighted by Crippen LogP contribution is 2.27. The molecule has 0 heterocycles. The van der Waals surface area contributed by atoms with E-state index in [1.54, 1.807) is 55.6 Å². The van der Waals surface area contributed by atoms with Crippen LogP contribution in [-0.2, 0) is 26.2 Å². The molecule has 3 aromatic carbocycles. The van der Waals surface area contributed by atoms with Crippen molar-refractivity contribution >= 4 is 27.5 Å². The van der Waals surface area contributed by atoms with Gasteiger partial charge in [0.2, 0.25) is 11.8 Å². The van der Waals surface area contributed by atoms with Gasteiger partial charge < -0.3 is 19.7 Å². The molecule has 0 saturated carbocycles. The van der Waals surface area contributed by atoms with Gasteiger partial charge in [-0.3, -0.25) is 13.9 Å². The van der Waals surface area contributed by atoms with Crippen LogP contribution in [0.4, 0.5) is 5.69 Å². The van der Waals surface area contributed by atoms with Crippen molar-refractivity contribution in [2.24, 2.45) is 0 Å². The molecule has 0 bridgehead atoms. The van der Waals surface area contributed by atoms with Crippen molar-refractivity contribution in [2.75, 3.05) is 25.1 Å². The Hall–Kier alpha value is -4.05. The monoisotopic (exact) mass is 595 g/mol. The minimum Gasteiger partial charge on any atom is -0.497 e. The molecule has 2 amide bonds. The molecular formula is C32H41N3O6S. The number of rotatable bonds is 14. The van der Waals surface area contributed by atoms with Gasteiger partial charge in [0.25, 0.3) is 10.0 Å². The highest BCUT2D eigenvalue weighted by molar-refractivity contribution is 7.92. The van der Waals surface area contributed by atoms with Crippen LogP contribution in [0.1, 0.15) is 44.7 Å². The summed E-state index contributed by atoms with van der Waals surface area (Å²) in [5.74, 6) is 0.347. The van der Waals surface area contributed by atoms with Crippen molar-refractivity contribution in [3.63, 3.8) is 0 Å². The van der Waals surface area contributed by atoms with Crippen molar-refractivity contribution in [1.82, 2.24) is 10.2 Å². The van der Waals surface area contributed by atoms with Gasteiger partial charge in [0.05, 0.1) is 24.8 Å². The van der Waals surface area contributed by atoms with Crippen molar-refractivity contribution in [3.8, 4) is 11.5 Å². The third-order valence-electron chi connectivity index (χ3n) is 7.12. The number of carbonyl (C=O) groups is 2. The van der Waals surface area contributed by atoms with Gasteiger partial charge in [0.1, 0.15) is 24.1 Å². The molecule has 42 heavy (non-hydrogen) atoms. The van der Waals surface area contributed by atoms with E-state index in [-0.39, 0.29) is 23.4 Å². The zero-order valence-electron chi connectivity index (χ0n) is 25.2. The van der Waals surface area contributed by atoms with Crippen LogP contribution in [0.15, 0.2) is 77.7 Å². The number of nitrogens with one attached hydrogen (secondary N) is 1.